The van der Waals surface area contributed by atoms with E-state index in [-0.39, 0.29) is 11.2 Å². The van der Waals surface area contributed by atoms with Crippen LogP contribution in [-0.2, 0) is 26.3 Å². The smallest absolute Gasteiger partial charge is 0.281 e. The van der Waals surface area contributed by atoms with Gasteiger partial charge in [-0.25, -0.2) is 9.79 Å². The highest BCUT2D eigenvalue weighted by Gasteiger charge is 2.23. The predicted octanol–water partition coefficient (Wildman–Crippen LogP) is 1.91. The van der Waals surface area contributed by atoms with Crippen molar-refractivity contribution < 1.29 is 0 Å². The maximum Gasteiger partial charge on any atom is 0.332 e. The second-order valence-corrected chi connectivity index (χ2v) is 6.51. The van der Waals surface area contributed by atoms with Gasteiger partial charge in [-0.2, -0.15) is 0 Å². The first-order valence-electron chi connectivity index (χ1n) is 7.02. The fourth-order valence-electron chi connectivity index (χ4n) is 2.44. The third kappa shape index (κ3) is 2.54. The van der Waals surface area contributed by atoms with Crippen molar-refractivity contribution in [3.8, 4) is 0 Å². The molecule has 0 bridgehead atoms. The molecule has 5 nitrogen and oxygen atoms in total. The molecule has 0 saturated heterocycles. The summed E-state index contributed by atoms with van der Waals surface area (Å²) in [4.78, 5) is 28.6. The van der Waals surface area contributed by atoms with Crippen molar-refractivity contribution >= 4 is 22.6 Å². The van der Waals surface area contributed by atoms with E-state index in [1.165, 1.54) is 22.7 Å². The Morgan fingerprint density at radius 3 is 2.50 bits per heavy atom. The van der Waals surface area contributed by atoms with Crippen molar-refractivity contribution in [2.45, 2.75) is 19.1 Å². The number of hydrogen-bond acceptors (Lipinski definition) is 4. The van der Waals surface area contributed by atoms with Gasteiger partial charge in [0.05, 0.1) is 10.6 Å². The zero-order valence-corrected chi connectivity index (χ0v) is 13.6. The molecule has 1 aliphatic rings. The molecular formula is C16H17N3O2S. The van der Waals surface area contributed by atoms with Crippen LogP contribution in [0.2, 0.25) is 0 Å². The van der Waals surface area contributed by atoms with Crippen LogP contribution in [0.25, 0.3) is 0 Å². The molecule has 0 saturated carbocycles. The first kappa shape index (κ1) is 14.8. The van der Waals surface area contributed by atoms with Crippen molar-refractivity contribution in [1.29, 1.82) is 0 Å². The SMILES string of the molecule is Cc1ccc(CSC2=Nc3c(c(=O)n(C)c(=O)n3C)C2)cc1. The fourth-order valence-corrected chi connectivity index (χ4v) is 3.37. The van der Waals surface area contributed by atoms with Crippen LogP contribution < -0.4 is 11.2 Å². The van der Waals surface area contributed by atoms with E-state index in [0.717, 1.165) is 15.4 Å². The monoisotopic (exact) mass is 315 g/mol. The molecule has 0 radical (unpaired) electrons. The third-order valence-corrected chi connectivity index (χ3v) is 4.86. The van der Waals surface area contributed by atoms with Gasteiger partial charge in [0, 0.05) is 26.3 Å². The lowest BCUT2D eigenvalue weighted by molar-refractivity contribution is 0.682. The van der Waals surface area contributed by atoms with E-state index in [4.69, 9.17) is 0 Å². The summed E-state index contributed by atoms with van der Waals surface area (Å²) >= 11 is 1.62. The second kappa shape index (κ2) is 5.61. The van der Waals surface area contributed by atoms with Gasteiger partial charge in [0.15, 0.2) is 0 Å². The van der Waals surface area contributed by atoms with Gasteiger partial charge in [0.25, 0.3) is 5.56 Å². The molecule has 0 spiro atoms. The van der Waals surface area contributed by atoms with Crippen LogP contribution in [0.3, 0.4) is 0 Å². The second-order valence-electron chi connectivity index (χ2n) is 5.46. The average Bonchev–Trinajstić information content (AvgIpc) is 2.95. The number of nitrogens with zero attached hydrogens (tertiary/aromatic N) is 3. The van der Waals surface area contributed by atoms with Crippen LogP contribution in [0.15, 0.2) is 38.8 Å². The topological polar surface area (TPSA) is 56.4 Å². The number of rotatable bonds is 2. The van der Waals surface area contributed by atoms with Crippen molar-refractivity contribution in [2.75, 3.05) is 0 Å². The van der Waals surface area contributed by atoms with Gasteiger partial charge in [0.2, 0.25) is 0 Å². The third-order valence-electron chi connectivity index (χ3n) is 3.81. The maximum absolute atomic E-state index is 12.2. The number of aryl methyl sites for hydroxylation is 1. The van der Waals surface area contributed by atoms with Crippen LogP contribution in [0, 0.1) is 6.92 Å². The summed E-state index contributed by atoms with van der Waals surface area (Å²) in [5, 5.41) is 0.883. The van der Waals surface area contributed by atoms with Crippen molar-refractivity contribution in [3.05, 3.63) is 61.8 Å². The molecule has 6 heteroatoms. The molecule has 0 atom stereocenters. The van der Waals surface area contributed by atoms with Gasteiger partial charge in [0.1, 0.15) is 5.82 Å². The van der Waals surface area contributed by atoms with Crippen LogP contribution >= 0.6 is 11.8 Å². The van der Waals surface area contributed by atoms with E-state index in [0.29, 0.717) is 17.8 Å². The summed E-state index contributed by atoms with van der Waals surface area (Å²) in [5.74, 6) is 1.31. The van der Waals surface area contributed by atoms with Gasteiger partial charge in [-0.05, 0) is 12.5 Å². The molecule has 3 rings (SSSR count). The molecule has 0 N–H and O–H groups in total. The first-order valence-corrected chi connectivity index (χ1v) is 8.00. The number of benzene rings is 1. The molecule has 1 aliphatic heterocycles. The summed E-state index contributed by atoms with van der Waals surface area (Å²) in [7, 11) is 3.15. The highest BCUT2D eigenvalue weighted by atomic mass is 32.2. The quantitative estimate of drug-likeness (QED) is 0.850. The Morgan fingerprint density at radius 2 is 1.82 bits per heavy atom. The average molecular weight is 315 g/mol. The van der Waals surface area contributed by atoms with Crippen molar-refractivity contribution in [1.82, 2.24) is 9.13 Å². The van der Waals surface area contributed by atoms with E-state index in [1.54, 1.807) is 18.8 Å². The van der Waals surface area contributed by atoms with Crippen LogP contribution in [0.5, 0.6) is 0 Å². The molecule has 0 fully saturated rings. The van der Waals surface area contributed by atoms with Crippen molar-refractivity contribution in [3.63, 3.8) is 0 Å². The summed E-state index contributed by atoms with van der Waals surface area (Å²) < 4.78 is 2.58. The van der Waals surface area contributed by atoms with Gasteiger partial charge in [-0.1, -0.05) is 29.8 Å². The molecular weight excluding hydrogens is 298 g/mol. The lowest BCUT2D eigenvalue weighted by atomic mass is 10.2. The van der Waals surface area contributed by atoms with Crippen LogP contribution in [0.4, 0.5) is 5.82 Å². The van der Waals surface area contributed by atoms with Gasteiger partial charge < -0.3 is 0 Å². The van der Waals surface area contributed by atoms with Crippen LogP contribution in [-0.4, -0.2) is 14.2 Å². The zero-order chi connectivity index (χ0) is 15.9. The minimum absolute atomic E-state index is 0.243. The Bertz CT molecular complexity index is 876. The van der Waals surface area contributed by atoms with E-state index in [9.17, 15) is 9.59 Å². The Labute approximate surface area is 132 Å². The lowest BCUT2D eigenvalue weighted by Crippen LogP contribution is -2.38. The highest BCUT2D eigenvalue weighted by Crippen LogP contribution is 2.28. The number of aliphatic imine (C=N–C) groups is 1. The van der Waals surface area contributed by atoms with Crippen molar-refractivity contribution in [2.24, 2.45) is 19.1 Å². The zero-order valence-electron chi connectivity index (χ0n) is 12.8. The van der Waals surface area contributed by atoms with E-state index in [1.807, 2.05) is 0 Å². The molecule has 0 aliphatic carbocycles. The minimum atomic E-state index is -0.336. The maximum atomic E-state index is 12.2. The summed E-state index contributed by atoms with van der Waals surface area (Å²) in [6, 6.07) is 8.36. The van der Waals surface area contributed by atoms with Gasteiger partial charge >= 0.3 is 5.69 Å². The first-order chi connectivity index (χ1) is 10.5. The molecule has 114 valence electrons. The Hall–Kier alpha value is -2.08. The normalized spacial score (nSPS) is 13.1. The number of thioether (sulfide) groups is 1. The highest BCUT2D eigenvalue weighted by molar-refractivity contribution is 8.13. The van der Waals surface area contributed by atoms with E-state index < -0.39 is 0 Å². The largest absolute Gasteiger partial charge is 0.332 e. The molecule has 0 unspecified atom stereocenters. The predicted molar refractivity (Wildman–Crippen MR) is 90.2 cm³/mol. The fraction of sp³-hybridized carbons (Fsp3) is 0.312. The molecule has 0 amide bonds. The Morgan fingerprint density at radius 1 is 1.14 bits per heavy atom. The molecule has 2 heterocycles. The summed E-state index contributed by atoms with van der Waals surface area (Å²) in [6.07, 6.45) is 0.507. The summed E-state index contributed by atoms with van der Waals surface area (Å²) in [5.41, 5.74) is 2.48. The number of hydrogen-bond donors (Lipinski definition) is 0. The van der Waals surface area contributed by atoms with E-state index in [2.05, 4.69) is 36.2 Å². The number of aromatic nitrogens is 2. The van der Waals surface area contributed by atoms with Gasteiger partial charge in [-0.3, -0.25) is 13.9 Å². The molecule has 1 aromatic heterocycles. The molecule has 2 aromatic rings. The standard InChI is InChI=1S/C16H17N3O2S/c1-10-4-6-11(7-5-10)9-22-13-8-12-14(17-13)18(2)16(21)19(3)15(12)20/h4-7H,8-9H2,1-3H3. The van der Waals surface area contributed by atoms with Crippen LogP contribution in [0.1, 0.15) is 16.7 Å². The van der Waals surface area contributed by atoms with Gasteiger partial charge in [-0.15, -0.1) is 11.8 Å². The minimum Gasteiger partial charge on any atom is -0.281 e. The Balaban J connectivity index is 1.83. The summed E-state index contributed by atoms with van der Waals surface area (Å²) in [6.45, 7) is 2.06. The Kier molecular flexibility index (Phi) is 3.78. The van der Waals surface area contributed by atoms with E-state index >= 15 is 0 Å². The number of fused-ring (bicyclic) bond motifs is 1. The molecule has 22 heavy (non-hydrogen) atoms. The molecule has 1 aromatic carbocycles. The lowest BCUT2D eigenvalue weighted by Gasteiger charge is -2.05.